The summed E-state index contributed by atoms with van der Waals surface area (Å²) in [5, 5.41) is 4.40. The van der Waals surface area contributed by atoms with E-state index in [1.165, 1.54) is 0 Å². The van der Waals surface area contributed by atoms with E-state index >= 15 is 0 Å². The van der Waals surface area contributed by atoms with E-state index in [1.807, 2.05) is 16.9 Å². The molecule has 0 spiro atoms. The number of aromatic nitrogens is 2. The van der Waals surface area contributed by atoms with Crippen LogP contribution in [0.1, 0.15) is 32.0 Å². The predicted octanol–water partition coefficient (Wildman–Crippen LogP) is 1.88. The van der Waals surface area contributed by atoms with E-state index in [-0.39, 0.29) is 6.54 Å². The fraction of sp³-hybridized carbons (Fsp3) is 0.750. The smallest absolute Gasteiger partial charge is 0.251 e. The Hall–Kier alpha value is -1.01. The third-order valence-electron chi connectivity index (χ3n) is 2.93. The van der Waals surface area contributed by atoms with Crippen LogP contribution in [0.15, 0.2) is 12.3 Å². The van der Waals surface area contributed by atoms with Gasteiger partial charge in [0.2, 0.25) is 0 Å². The topological polar surface area (TPSA) is 47.1 Å². The van der Waals surface area contributed by atoms with E-state index < -0.39 is 6.43 Å². The molecular weight excluding hydrogens is 238 g/mol. The molecule has 6 heteroatoms. The minimum Gasteiger partial charge on any atom is -0.329 e. The number of hydrogen-bond acceptors (Lipinski definition) is 3. The van der Waals surface area contributed by atoms with E-state index in [2.05, 4.69) is 18.9 Å². The average Bonchev–Trinajstić information content (AvgIpc) is 2.76. The van der Waals surface area contributed by atoms with E-state index in [0.29, 0.717) is 25.7 Å². The number of hydrogen-bond donors (Lipinski definition) is 1. The number of rotatable bonds is 8. The van der Waals surface area contributed by atoms with Gasteiger partial charge in [0.1, 0.15) is 0 Å². The molecule has 0 radical (unpaired) electrons. The maximum atomic E-state index is 12.4. The molecule has 0 aliphatic heterocycles. The van der Waals surface area contributed by atoms with Crippen molar-refractivity contribution in [1.82, 2.24) is 14.7 Å². The van der Waals surface area contributed by atoms with Gasteiger partial charge in [0, 0.05) is 31.9 Å². The molecule has 0 bridgehead atoms. The number of nitrogens with zero attached hydrogens (tertiary/aromatic N) is 3. The molecule has 0 aromatic carbocycles. The monoisotopic (exact) mass is 260 g/mol. The van der Waals surface area contributed by atoms with Crippen LogP contribution in [-0.4, -0.2) is 40.7 Å². The molecule has 18 heavy (non-hydrogen) atoms. The fourth-order valence-corrected chi connectivity index (χ4v) is 1.74. The van der Waals surface area contributed by atoms with Crippen LogP contribution in [0.25, 0.3) is 0 Å². The Balaban J connectivity index is 2.60. The maximum absolute atomic E-state index is 12.4. The van der Waals surface area contributed by atoms with Crippen LogP contribution in [-0.2, 0) is 6.54 Å². The second-order valence-electron chi connectivity index (χ2n) is 4.46. The highest BCUT2D eigenvalue weighted by molar-refractivity contribution is 4.99. The van der Waals surface area contributed by atoms with E-state index in [0.717, 1.165) is 12.1 Å². The van der Waals surface area contributed by atoms with Crippen molar-refractivity contribution in [3.63, 3.8) is 0 Å². The third kappa shape index (κ3) is 4.70. The largest absolute Gasteiger partial charge is 0.329 e. The van der Waals surface area contributed by atoms with Gasteiger partial charge in [0.15, 0.2) is 0 Å². The van der Waals surface area contributed by atoms with Crippen LogP contribution >= 0.6 is 0 Å². The molecule has 0 fully saturated rings. The Morgan fingerprint density at radius 3 is 2.78 bits per heavy atom. The molecule has 1 heterocycles. The lowest BCUT2D eigenvalue weighted by Crippen LogP contribution is -2.33. The van der Waals surface area contributed by atoms with Crippen LogP contribution in [0.2, 0.25) is 0 Å². The summed E-state index contributed by atoms with van der Waals surface area (Å²) in [6, 6.07) is 2.21. The molecule has 0 saturated heterocycles. The highest BCUT2D eigenvalue weighted by Gasteiger charge is 2.13. The first kappa shape index (κ1) is 15.0. The summed E-state index contributed by atoms with van der Waals surface area (Å²) in [6.45, 7) is 5.16. The van der Waals surface area contributed by atoms with E-state index in [9.17, 15) is 8.78 Å². The first-order valence-electron chi connectivity index (χ1n) is 6.31. The zero-order valence-corrected chi connectivity index (χ0v) is 11.0. The fourth-order valence-electron chi connectivity index (χ4n) is 1.74. The van der Waals surface area contributed by atoms with Crippen LogP contribution in [0.5, 0.6) is 0 Å². The summed E-state index contributed by atoms with van der Waals surface area (Å²) >= 11 is 0. The van der Waals surface area contributed by atoms with Crippen LogP contribution in [0.3, 0.4) is 0 Å². The maximum Gasteiger partial charge on any atom is 0.251 e. The minimum absolute atomic E-state index is 0.257. The molecule has 0 aliphatic rings. The van der Waals surface area contributed by atoms with Crippen molar-refractivity contribution < 1.29 is 8.78 Å². The molecule has 1 aromatic heterocycles. The van der Waals surface area contributed by atoms with Gasteiger partial charge < -0.3 is 5.73 Å². The van der Waals surface area contributed by atoms with Gasteiger partial charge in [-0.1, -0.05) is 6.92 Å². The van der Waals surface area contributed by atoms with E-state index in [1.54, 1.807) is 4.90 Å². The van der Waals surface area contributed by atoms with Gasteiger partial charge in [-0.3, -0.25) is 9.58 Å². The SMILES string of the molecule is CCC(C)n1ccc(CN(CCN)CC(F)F)n1. The zero-order chi connectivity index (χ0) is 13.5. The highest BCUT2D eigenvalue weighted by Crippen LogP contribution is 2.11. The van der Waals surface area contributed by atoms with E-state index in [4.69, 9.17) is 5.73 Å². The van der Waals surface area contributed by atoms with Crippen molar-refractivity contribution in [3.8, 4) is 0 Å². The molecule has 0 amide bonds. The molecule has 4 nitrogen and oxygen atoms in total. The lowest BCUT2D eigenvalue weighted by molar-refractivity contribution is 0.0855. The van der Waals surface area contributed by atoms with Gasteiger partial charge in [-0.25, -0.2) is 8.78 Å². The van der Waals surface area contributed by atoms with Crippen LogP contribution in [0.4, 0.5) is 8.78 Å². The summed E-state index contributed by atoms with van der Waals surface area (Å²) in [5.41, 5.74) is 6.23. The Morgan fingerprint density at radius 2 is 2.22 bits per heavy atom. The zero-order valence-electron chi connectivity index (χ0n) is 11.0. The molecule has 0 aliphatic carbocycles. The first-order chi connectivity index (χ1) is 8.56. The highest BCUT2D eigenvalue weighted by atomic mass is 19.3. The first-order valence-corrected chi connectivity index (χ1v) is 6.31. The van der Waals surface area contributed by atoms with Crippen LogP contribution in [0, 0.1) is 0 Å². The van der Waals surface area contributed by atoms with Crippen molar-refractivity contribution in [2.45, 2.75) is 39.3 Å². The Kier molecular flexibility index (Phi) is 6.21. The normalized spacial score (nSPS) is 13.5. The molecule has 1 unspecified atom stereocenters. The van der Waals surface area contributed by atoms with Gasteiger partial charge >= 0.3 is 0 Å². The van der Waals surface area contributed by atoms with Gasteiger partial charge in [0.05, 0.1) is 12.2 Å². The molecule has 0 saturated carbocycles. The van der Waals surface area contributed by atoms with Crippen molar-refractivity contribution in [2.75, 3.05) is 19.6 Å². The Labute approximate surface area is 107 Å². The molecular formula is C12H22F2N4. The number of nitrogens with two attached hydrogens (primary N) is 1. The summed E-state index contributed by atoms with van der Waals surface area (Å²) in [7, 11) is 0. The Bertz CT molecular complexity index is 341. The molecule has 1 rings (SSSR count). The number of halogens is 2. The Morgan fingerprint density at radius 1 is 1.50 bits per heavy atom. The summed E-state index contributed by atoms with van der Waals surface area (Å²) in [6.07, 6.45) is 0.546. The minimum atomic E-state index is -2.34. The van der Waals surface area contributed by atoms with Gasteiger partial charge in [0.25, 0.3) is 6.43 Å². The number of alkyl halides is 2. The lowest BCUT2D eigenvalue weighted by Gasteiger charge is -2.19. The third-order valence-corrected chi connectivity index (χ3v) is 2.93. The van der Waals surface area contributed by atoms with Crippen LogP contribution < -0.4 is 5.73 Å². The summed E-state index contributed by atoms with van der Waals surface area (Å²) < 4.78 is 26.7. The predicted molar refractivity (Wildman–Crippen MR) is 67.6 cm³/mol. The van der Waals surface area contributed by atoms with Crippen molar-refractivity contribution in [1.29, 1.82) is 0 Å². The molecule has 1 atom stereocenters. The molecule has 1 aromatic rings. The second-order valence-corrected chi connectivity index (χ2v) is 4.46. The quantitative estimate of drug-likeness (QED) is 0.776. The van der Waals surface area contributed by atoms with Gasteiger partial charge in [-0.2, -0.15) is 5.10 Å². The standard InChI is InChI=1S/C12H22F2N4/c1-3-10(2)18-6-4-11(16-18)8-17(7-5-15)9-12(13)14/h4,6,10,12H,3,5,7-9,15H2,1-2H3. The molecule has 104 valence electrons. The van der Waals surface area contributed by atoms with Crippen molar-refractivity contribution in [3.05, 3.63) is 18.0 Å². The molecule has 2 N–H and O–H groups in total. The van der Waals surface area contributed by atoms with Crippen molar-refractivity contribution in [2.24, 2.45) is 5.73 Å². The average molecular weight is 260 g/mol. The van der Waals surface area contributed by atoms with Gasteiger partial charge in [-0.05, 0) is 19.4 Å². The summed E-state index contributed by atoms with van der Waals surface area (Å²) in [4.78, 5) is 1.63. The second kappa shape index (κ2) is 7.43. The van der Waals surface area contributed by atoms with Crippen molar-refractivity contribution >= 4 is 0 Å². The lowest BCUT2D eigenvalue weighted by atomic mass is 10.3. The van der Waals surface area contributed by atoms with Gasteiger partial charge in [-0.15, -0.1) is 0 Å². The summed E-state index contributed by atoms with van der Waals surface area (Å²) in [5.74, 6) is 0.